The second-order valence-corrected chi connectivity index (χ2v) is 6.59. The summed E-state index contributed by atoms with van der Waals surface area (Å²) in [6.45, 7) is 0.509. The molecule has 28 heavy (non-hydrogen) atoms. The molecule has 0 spiro atoms. The van der Waals surface area contributed by atoms with Crippen molar-refractivity contribution >= 4 is 34.9 Å². The Morgan fingerprint density at radius 2 is 1.86 bits per heavy atom. The van der Waals surface area contributed by atoms with Gasteiger partial charge in [-0.25, -0.2) is 4.79 Å². The molecule has 148 valence electrons. The number of benzene rings is 2. The summed E-state index contributed by atoms with van der Waals surface area (Å²) in [6, 6.07) is 8.63. The summed E-state index contributed by atoms with van der Waals surface area (Å²) in [6.07, 6.45) is 0.0685. The zero-order valence-electron chi connectivity index (χ0n) is 14.4. The predicted octanol–water partition coefficient (Wildman–Crippen LogP) is 4.32. The molecule has 0 unspecified atom stereocenters. The number of nitro groups is 1. The van der Waals surface area contributed by atoms with E-state index in [1.165, 1.54) is 24.3 Å². The molecule has 1 fully saturated rings. The molecule has 1 saturated heterocycles. The first-order valence-corrected chi connectivity index (χ1v) is 8.99. The minimum absolute atomic E-state index is 0.208. The Kier molecular flexibility index (Phi) is 6.69. The molecular formula is C18H15Cl2NO7. The molecule has 10 heteroatoms. The van der Waals surface area contributed by atoms with E-state index < -0.39 is 23.8 Å². The van der Waals surface area contributed by atoms with E-state index in [1.54, 1.807) is 12.1 Å². The molecule has 1 aliphatic rings. The van der Waals surface area contributed by atoms with Crippen LogP contribution in [0, 0.1) is 10.1 Å². The van der Waals surface area contributed by atoms with Crippen LogP contribution >= 0.6 is 23.2 Å². The Labute approximate surface area is 170 Å². The van der Waals surface area contributed by atoms with Crippen molar-refractivity contribution in [1.29, 1.82) is 0 Å². The van der Waals surface area contributed by atoms with E-state index in [4.69, 9.17) is 42.1 Å². The highest BCUT2D eigenvalue weighted by Gasteiger charge is 2.24. The number of nitrogens with zero attached hydrogens (tertiary/aromatic N) is 1. The molecule has 1 heterocycles. The fourth-order valence-electron chi connectivity index (χ4n) is 2.47. The van der Waals surface area contributed by atoms with Gasteiger partial charge in [0.1, 0.15) is 5.75 Å². The Morgan fingerprint density at radius 3 is 2.54 bits per heavy atom. The van der Waals surface area contributed by atoms with Gasteiger partial charge in [-0.3, -0.25) is 10.1 Å². The standard InChI is InChI=1S/C18H15Cl2NO7/c19-12-3-5-15(13(20)9-12)27-10-17(22)28-16-4-2-11(8-14(16)21(23)24)18-25-6-1-7-26-18/h2-5,8-9,18H,1,6-7,10H2. The average Bonchev–Trinajstić information content (AvgIpc) is 2.68. The lowest BCUT2D eigenvalue weighted by Crippen LogP contribution is -2.19. The molecule has 0 aliphatic carbocycles. The third-order valence-corrected chi connectivity index (χ3v) is 4.27. The van der Waals surface area contributed by atoms with E-state index in [1.807, 2.05) is 0 Å². The van der Waals surface area contributed by atoms with Crippen LogP contribution < -0.4 is 9.47 Å². The monoisotopic (exact) mass is 427 g/mol. The van der Waals surface area contributed by atoms with E-state index in [0.717, 1.165) is 6.42 Å². The summed E-state index contributed by atoms with van der Waals surface area (Å²) in [5.74, 6) is -0.799. The lowest BCUT2D eigenvalue weighted by molar-refractivity contribution is -0.385. The second-order valence-electron chi connectivity index (χ2n) is 5.75. The van der Waals surface area contributed by atoms with E-state index in [0.29, 0.717) is 23.8 Å². The summed E-state index contributed by atoms with van der Waals surface area (Å²) in [4.78, 5) is 22.8. The maximum atomic E-state index is 12.0. The number of ether oxygens (including phenoxy) is 4. The predicted molar refractivity (Wildman–Crippen MR) is 100.0 cm³/mol. The zero-order valence-corrected chi connectivity index (χ0v) is 15.9. The summed E-state index contributed by atoms with van der Waals surface area (Å²) < 4.78 is 21.2. The lowest BCUT2D eigenvalue weighted by Gasteiger charge is -2.23. The number of carbonyl (C=O) groups excluding carboxylic acids is 1. The maximum Gasteiger partial charge on any atom is 0.349 e. The minimum atomic E-state index is -0.827. The molecular weight excluding hydrogens is 413 g/mol. The highest BCUT2D eigenvalue weighted by molar-refractivity contribution is 6.35. The van der Waals surface area contributed by atoms with Crippen molar-refractivity contribution < 1.29 is 28.7 Å². The van der Waals surface area contributed by atoms with Crippen LogP contribution in [0.1, 0.15) is 18.3 Å². The van der Waals surface area contributed by atoms with Gasteiger partial charge in [0, 0.05) is 16.7 Å². The van der Waals surface area contributed by atoms with Gasteiger partial charge in [0.15, 0.2) is 12.9 Å². The highest BCUT2D eigenvalue weighted by Crippen LogP contribution is 2.33. The first kappa shape index (κ1) is 20.3. The Balaban J connectivity index is 1.68. The van der Waals surface area contributed by atoms with Gasteiger partial charge in [-0.15, -0.1) is 0 Å². The van der Waals surface area contributed by atoms with Gasteiger partial charge in [-0.05, 0) is 36.8 Å². The number of esters is 1. The zero-order chi connectivity index (χ0) is 20.1. The van der Waals surface area contributed by atoms with E-state index in [9.17, 15) is 14.9 Å². The fourth-order valence-corrected chi connectivity index (χ4v) is 2.93. The number of carbonyl (C=O) groups is 1. The van der Waals surface area contributed by atoms with Crippen molar-refractivity contribution in [2.45, 2.75) is 12.7 Å². The van der Waals surface area contributed by atoms with Gasteiger partial charge in [-0.2, -0.15) is 0 Å². The number of nitro benzene ring substituents is 1. The smallest absolute Gasteiger partial charge is 0.349 e. The van der Waals surface area contributed by atoms with E-state index in [-0.39, 0.29) is 22.2 Å². The van der Waals surface area contributed by atoms with Gasteiger partial charge in [-0.1, -0.05) is 23.2 Å². The molecule has 0 amide bonds. The molecule has 0 atom stereocenters. The van der Waals surface area contributed by atoms with Gasteiger partial charge in [0.2, 0.25) is 5.75 Å². The quantitative estimate of drug-likeness (QED) is 0.293. The first-order chi connectivity index (χ1) is 13.4. The van der Waals surface area contributed by atoms with Crippen LogP contribution in [0.5, 0.6) is 11.5 Å². The van der Waals surface area contributed by atoms with Crippen LogP contribution in [0.4, 0.5) is 5.69 Å². The summed E-state index contributed by atoms with van der Waals surface area (Å²) >= 11 is 11.7. The molecule has 0 radical (unpaired) electrons. The van der Waals surface area contributed by atoms with Gasteiger partial charge < -0.3 is 18.9 Å². The molecule has 1 aliphatic heterocycles. The number of hydrogen-bond acceptors (Lipinski definition) is 7. The minimum Gasteiger partial charge on any atom is -0.480 e. The molecule has 8 nitrogen and oxygen atoms in total. The van der Waals surface area contributed by atoms with E-state index >= 15 is 0 Å². The third kappa shape index (κ3) is 5.11. The van der Waals surface area contributed by atoms with Crippen molar-refractivity contribution in [3.63, 3.8) is 0 Å². The van der Waals surface area contributed by atoms with Crippen LogP contribution in [-0.2, 0) is 14.3 Å². The lowest BCUT2D eigenvalue weighted by atomic mass is 10.1. The van der Waals surface area contributed by atoms with Crippen molar-refractivity contribution in [2.24, 2.45) is 0 Å². The molecule has 2 aromatic carbocycles. The van der Waals surface area contributed by atoms with Crippen LogP contribution in [0.25, 0.3) is 0 Å². The van der Waals surface area contributed by atoms with Crippen molar-refractivity contribution in [3.8, 4) is 11.5 Å². The van der Waals surface area contributed by atoms with Gasteiger partial charge >= 0.3 is 11.7 Å². The van der Waals surface area contributed by atoms with Crippen LogP contribution in [0.3, 0.4) is 0 Å². The maximum absolute atomic E-state index is 12.0. The summed E-state index contributed by atoms with van der Waals surface area (Å²) in [5.41, 5.74) is 0.0866. The Bertz CT molecular complexity index is 884. The fraction of sp³-hybridized carbons (Fsp3) is 0.278. The summed E-state index contributed by atoms with van der Waals surface area (Å²) in [5, 5.41) is 12.0. The van der Waals surface area contributed by atoms with Crippen LogP contribution in [0.2, 0.25) is 10.0 Å². The SMILES string of the molecule is O=C(COc1ccc(Cl)cc1Cl)Oc1ccc(C2OCCCO2)cc1[N+](=O)[O-]. The molecule has 0 saturated carbocycles. The number of rotatable bonds is 6. The Hall–Kier alpha value is -2.39. The van der Waals surface area contributed by atoms with Crippen molar-refractivity contribution in [1.82, 2.24) is 0 Å². The van der Waals surface area contributed by atoms with E-state index in [2.05, 4.69) is 0 Å². The highest BCUT2D eigenvalue weighted by atomic mass is 35.5. The Morgan fingerprint density at radius 1 is 1.14 bits per heavy atom. The second kappa shape index (κ2) is 9.20. The third-order valence-electron chi connectivity index (χ3n) is 3.74. The van der Waals surface area contributed by atoms with Crippen LogP contribution in [-0.4, -0.2) is 30.7 Å². The number of halogens is 2. The average molecular weight is 428 g/mol. The molecule has 3 rings (SSSR count). The largest absolute Gasteiger partial charge is 0.480 e. The molecule has 0 aromatic heterocycles. The normalized spacial score (nSPS) is 14.5. The topological polar surface area (TPSA) is 97.1 Å². The van der Waals surface area contributed by atoms with Gasteiger partial charge in [0.25, 0.3) is 0 Å². The first-order valence-electron chi connectivity index (χ1n) is 8.24. The van der Waals surface area contributed by atoms with Gasteiger partial charge in [0.05, 0.1) is 23.2 Å². The van der Waals surface area contributed by atoms with Crippen molar-refractivity contribution in [3.05, 3.63) is 62.1 Å². The molecule has 0 N–H and O–H groups in total. The summed E-state index contributed by atoms with van der Waals surface area (Å²) in [7, 11) is 0. The van der Waals surface area contributed by atoms with Crippen molar-refractivity contribution in [2.75, 3.05) is 19.8 Å². The molecule has 2 aromatic rings. The number of hydrogen-bond donors (Lipinski definition) is 0. The molecule has 0 bridgehead atoms. The van der Waals surface area contributed by atoms with Crippen LogP contribution in [0.15, 0.2) is 36.4 Å².